The minimum absolute atomic E-state index is 0.153. The number of nitrogens with one attached hydrogen (secondary N) is 1. The van der Waals surface area contributed by atoms with E-state index in [9.17, 15) is 9.18 Å². The highest BCUT2D eigenvalue weighted by molar-refractivity contribution is 5.80. The van der Waals surface area contributed by atoms with Crippen LogP contribution in [0.1, 0.15) is 25.8 Å². The highest BCUT2D eigenvalue weighted by Crippen LogP contribution is 2.18. The molecule has 0 spiro atoms. The molecular weight excluding hydrogens is 259 g/mol. The predicted octanol–water partition coefficient (Wildman–Crippen LogP) is 2.18. The van der Waals surface area contributed by atoms with Gasteiger partial charge in [-0.25, -0.2) is 4.39 Å². The summed E-state index contributed by atoms with van der Waals surface area (Å²) in [6, 6.07) is 4.52. The maximum Gasteiger partial charge on any atom is 0.262 e. The molecule has 0 heterocycles. The molecule has 0 aliphatic heterocycles. The molecule has 0 saturated carbocycles. The Hall–Kier alpha value is -1.62. The van der Waals surface area contributed by atoms with Crippen molar-refractivity contribution < 1.29 is 13.9 Å². The maximum absolute atomic E-state index is 13.5. The first kappa shape index (κ1) is 16.4. The van der Waals surface area contributed by atoms with Crippen molar-refractivity contribution in [1.29, 1.82) is 0 Å². The van der Waals surface area contributed by atoms with Crippen LogP contribution in [0.3, 0.4) is 0 Å². The van der Waals surface area contributed by atoms with Gasteiger partial charge >= 0.3 is 0 Å². The largest absolute Gasteiger partial charge is 0.481 e. The highest BCUT2D eigenvalue weighted by atomic mass is 19.1. The van der Waals surface area contributed by atoms with E-state index in [1.54, 1.807) is 27.1 Å². The number of halogens is 1. The zero-order valence-corrected chi connectivity index (χ0v) is 12.6. The van der Waals surface area contributed by atoms with Crippen molar-refractivity contribution in [3.63, 3.8) is 0 Å². The fourth-order valence-electron chi connectivity index (χ4n) is 1.82. The quantitative estimate of drug-likeness (QED) is 0.779. The lowest BCUT2D eigenvalue weighted by atomic mass is 10.2. The molecule has 0 aliphatic rings. The van der Waals surface area contributed by atoms with Crippen LogP contribution in [0.25, 0.3) is 0 Å². The summed E-state index contributed by atoms with van der Waals surface area (Å²) >= 11 is 0. The van der Waals surface area contributed by atoms with E-state index in [2.05, 4.69) is 12.2 Å². The molecule has 4 nitrogen and oxygen atoms in total. The molecule has 20 heavy (non-hydrogen) atoms. The minimum Gasteiger partial charge on any atom is -0.481 e. The van der Waals surface area contributed by atoms with E-state index in [1.165, 1.54) is 17.0 Å². The summed E-state index contributed by atoms with van der Waals surface area (Å²) in [7, 11) is 3.32. The lowest BCUT2D eigenvalue weighted by Gasteiger charge is -2.18. The van der Waals surface area contributed by atoms with Gasteiger partial charge in [0.15, 0.2) is 6.10 Å². The number of carbonyl (C=O) groups is 1. The molecule has 1 atom stereocenters. The fourth-order valence-corrected chi connectivity index (χ4v) is 1.82. The molecule has 1 N–H and O–H groups in total. The van der Waals surface area contributed by atoms with Gasteiger partial charge < -0.3 is 15.0 Å². The standard InChI is InChI=1S/C15H23FN2O2/c1-5-6-17-10-12-7-13(16)9-14(8-12)20-11(2)15(19)18(3)4/h7-9,11,17H,5-6,10H2,1-4H3. The number of hydrogen-bond acceptors (Lipinski definition) is 3. The Morgan fingerprint density at radius 1 is 1.40 bits per heavy atom. The van der Waals surface area contributed by atoms with Crippen LogP contribution in [0.4, 0.5) is 4.39 Å². The van der Waals surface area contributed by atoms with E-state index in [-0.39, 0.29) is 11.7 Å². The molecule has 1 rings (SSSR count). The average molecular weight is 282 g/mol. The zero-order valence-electron chi connectivity index (χ0n) is 12.6. The maximum atomic E-state index is 13.5. The normalized spacial score (nSPS) is 12.1. The van der Waals surface area contributed by atoms with Crippen molar-refractivity contribution in [2.45, 2.75) is 32.9 Å². The lowest BCUT2D eigenvalue weighted by Crippen LogP contribution is -2.35. The van der Waals surface area contributed by atoms with Crippen LogP contribution >= 0.6 is 0 Å². The third-order valence-electron chi connectivity index (χ3n) is 2.79. The van der Waals surface area contributed by atoms with Crippen LogP contribution < -0.4 is 10.1 Å². The Morgan fingerprint density at radius 2 is 2.10 bits per heavy atom. The van der Waals surface area contributed by atoms with E-state index in [4.69, 9.17) is 4.74 Å². The van der Waals surface area contributed by atoms with Gasteiger partial charge in [-0.3, -0.25) is 4.79 Å². The van der Waals surface area contributed by atoms with Gasteiger partial charge in [-0.05, 0) is 37.6 Å². The summed E-state index contributed by atoms with van der Waals surface area (Å²) in [5.74, 6) is -0.138. The number of hydrogen-bond donors (Lipinski definition) is 1. The number of carbonyl (C=O) groups excluding carboxylic acids is 1. The Bertz CT molecular complexity index is 449. The average Bonchev–Trinajstić information content (AvgIpc) is 2.37. The molecule has 1 amide bonds. The van der Waals surface area contributed by atoms with Crippen LogP contribution in [0.2, 0.25) is 0 Å². The molecule has 1 unspecified atom stereocenters. The van der Waals surface area contributed by atoms with E-state index in [0.717, 1.165) is 18.5 Å². The van der Waals surface area contributed by atoms with Crippen LogP contribution in [-0.4, -0.2) is 37.6 Å². The van der Waals surface area contributed by atoms with Gasteiger partial charge in [0.05, 0.1) is 0 Å². The van der Waals surface area contributed by atoms with Gasteiger partial charge in [-0.15, -0.1) is 0 Å². The Labute approximate surface area is 119 Å². The molecule has 0 fully saturated rings. The Kier molecular flexibility index (Phi) is 6.45. The minimum atomic E-state index is -0.636. The second-order valence-electron chi connectivity index (χ2n) is 4.96. The first-order chi connectivity index (χ1) is 9.43. The summed E-state index contributed by atoms with van der Waals surface area (Å²) in [6.45, 7) is 5.18. The monoisotopic (exact) mass is 282 g/mol. The molecule has 1 aromatic rings. The van der Waals surface area contributed by atoms with Gasteiger partial charge in [0, 0.05) is 26.7 Å². The van der Waals surface area contributed by atoms with Crippen LogP contribution in [0.5, 0.6) is 5.75 Å². The number of nitrogens with zero attached hydrogens (tertiary/aromatic N) is 1. The molecule has 0 saturated heterocycles. The van der Waals surface area contributed by atoms with Gasteiger partial charge in [0.25, 0.3) is 5.91 Å². The topological polar surface area (TPSA) is 41.6 Å². The third-order valence-corrected chi connectivity index (χ3v) is 2.79. The number of rotatable bonds is 7. The summed E-state index contributed by atoms with van der Waals surface area (Å²) in [6.07, 6.45) is 0.385. The van der Waals surface area contributed by atoms with Crippen molar-refractivity contribution in [3.8, 4) is 5.75 Å². The van der Waals surface area contributed by atoms with Gasteiger partial charge in [0.2, 0.25) is 0 Å². The van der Waals surface area contributed by atoms with Gasteiger partial charge in [0.1, 0.15) is 11.6 Å². The van der Waals surface area contributed by atoms with E-state index in [0.29, 0.717) is 12.3 Å². The first-order valence-corrected chi connectivity index (χ1v) is 6.82. The first-order valence-electron chi connectivity index (χ1n) is 6.82. The van der Waals surface area contributed by atoms with Crippen molar-refractivity contribution >= 4 is 5.91 Å². The number of amides is 1. The summed E-state index contributed by atoms with van der Waals surface area (Å²) in [4.78, 5) is 13.2. The third kappa shape index (κ3) is 5.17. The summed E-state index contributed by atoms with van der Waals surface area (Å²) in [5, 5.41) is 3.20. The van der Waals surface area contributed by atoms with Crippen molar-refractivity contribution in [1.82, 2.24) is 10.2 Å². The second-order valence-corrected chi connectivity index (χ2v) is 4.96. The number of benzene rings is 1. The van der Waals surface area contributed by atoms with Crippen LogP contribution in [0.15, 0.2) is 18.2 Å². The SMILES string of the molecule is CCCNCc1cc(F)cc(OC(C)C(=O)N(C)C)c1. The smallest absolute Gasteiger partial charge is 0.262 e. The molecule has 0 aliphatic carbocycles. The zero-order chi connectivity index (χ0) is 15.1. The fraction of sp³-hybridized carbons (Fsp3) is 0.533. The molecule has 1 aromatic carbocycles. The van der Waals surface area contributed by atoms with Crippen molar-refractivity contribution in [3.05, 3.63) is 29.6 Å². The highest BCUT2D eigenvalue weighted by Gasteiger charge is 2.17. The summed E-state index contributed by atoms with van der Waals surface area (Å²) < 4.78 is 19.1. The van der Waals surface area contributed by atoms with Gasteiger partial charge in [-0.1, -0.05) is 6.92 Å². The Morgan fingerprint density at radius 3 is 2.70 bits per heavy atom. The molecule has 0 bridgehead atoms. The number of ether oxygens (including phenoxy) is 1. The second kappa shape index (κ2) is 7.85. The molecule has 5 heteroatoms. The van der Waals surface area contributed by atoms with Crippen molar-refractivity contribution in [2.24, 2.45) is 0 Å². The molecule has 0 aromatic heterocycles. The summed E-state index contributed by atoms with van der Waals surface area (Å²) in [5.41, 5.74) is 0.804. The number of likely N-dealkylation sites (N-methyl/N-ethyl adjacent to an activating group) is 1. The predicted molar refractivity (Wildman–Crippen MR) is 77.2 cm³/mol. The van der Waals surface area contributed by atoms with Crippen LogP contribution in [-0.2, 0) is 11.3 Å². The van der Waals surface area contributed by atoms with E-state index >= 15 is 0 Å². The molecule has 0 radical (unpaired) electrons. The van der Waals surface area contributed by atoms with Crippen molar-refractivity contribution in [2.75, 3.05) is 20.6 Å². The van der Waals surface area contributed by atoms with Gasteiger partial charge in [-0.2, -0.15) is 0 Å². The molecule has 112 valence electrons. The lowest BCUT2D eigenvalue weighted by molar-refractivity contribution is -0.135. The van der Waals surface area contributed by atoms with E-state index < -0.39 is 6.10 Å². The van der Waals surface area contributed by atoms with E-state index in [1.807, 2.05) is 0 Å². The Balaban J connectivity index is 2.72. The molecular formula is C15H23FN2O2. The van der Waals surface area contributed by atoms with Crippen LogP contribution in [0, 0.1) is 5.82 Å².